The van der Waals surface area contributed by atoms with Gasteiger partial charge in [-0.25, -0.2) is 4.79 Å². The molecule has 1 amide bonds. The smallest absolute Gasteiger partial charge is 0.364 e. The molecule has 10 heteroatoms. The second-order valence-corrected chi connectivity index (χ2v) is 10.1. The van der Waals surface area contributed by atoms with Crippen LogP contribution in [-0.2, 0) is 19.1 Å². The molecule has 1 rings (SSSR count). The highest BCUT2D eigenvalue weighted by atomic mass is 16.7. The van der Waals surface area contributed by atoms with Crippen molar-refractivity contribution >= 4 is 11.9 Å². The molecule has 0 aromatic rings. The molecule has 0 aromatic carbocycles. The van der Waals surface area contributed by atoms with Gasteiger partial charge in [0.2, 0.25) is 5.91 Å². The number of carbonyl (C=O) groups excluding carboxylic acids is 1. The zero-order valence-corrected chi connectivity index (χ0v) is 21.1. The minimum atomic E-state index is -2.31. The number of carbonyl (C=O) groups is 2. The maximum absolute atomic E-state index is 12.3. The van der Waals surface area contributed by atoms with Crippen molar-refractivity contribution < 1.29 is 44.6 Å². The van der Waals surface area contributed by atoms with E-state index >= 15 is 0 Å². The molecule has 8 unspecified atom stereocenters. The Balaban J connectivity index is 3.05. The Labute approximate surface area is 202 Å². The fraction of sp³-hybridized carbons (Fsp3) is 0.833. The molecule has 6 N–H and O–H groups in total. The lowest BCUT2D eigenvalue weighted by molar-refractivity contribution is -0.324. The highest BCUT2D eigenvalue weighted by Gasteiger charge is 2.56. The summed E-state index contributed by atoms with van der Waals surface area (Å²) in [5.74, 6) is -4.41. The summed E-state index contributed by atoms with van der Waals surface area (Å²) in [7, 11) is 0. The molecule has 198 valence electrons. The van der Waals surface area contributed by atoms with Crippen LogP contribution in [0.3, 0.4) is 0 Å². The summed E-state index contributed by atoms with van der Waals surface area (Å²) in [6.07, 6.45) is -0.790. The third kappa shape index (κ3) is 8.28. The van der Waals surface area contributed by atoms with Crippen LogP contribution in [0.4, 0.5) is 0 Å². The largest absolute Gasteiger partial charge is 0.477 e. The number of aliphatic hydroxyl groups is 4. The van der Waals surface area contributed by atoms with E-state index in [2.05, 4.69) is 25.2 Å². The molecule has 34 heavy (non-hydrogen) atoms. The van der Waals surface area contributed by atoms with Crippen molar-refractivity contribution in [3.8, 4) is 0 Å². The summed E-state index contributed by atoms with van der Waals surface area (Å²) in [5.41, 5.74) is 0.0487. The SMILES string of the molecule is C/C=C\C(C)(C)CCCC(C)C(C)OC1(C(=O)O)CC(O)C(NC(C)=O)C(C(O)C(O)CO)O1. The van der Waals surface area contributed by atoms with E-state index in [9.17, 15) is 35.1 Å². The second kappa shape index (κ2) is 12.9. The Morgan fingerprint density at radius 1 is 1.29 bits per heavy atom. The van der Waals surface area contributed by atoms with Crippen molar-refractivity contribution in [2.75, 3.05) is 6.61 Å². The first-order chi connectivity index (χ1) is 15.7. The summed E-state index contributed by atoms with van der Waals surface area (Å²) in [5, 5.41) is 52.8. The van der Waals surface area contributed by atoms with E-state index in [0.717, 1.165) is 19.3 Å². The molecule has 1 aliphatic rings. The van der Waals surface area contributed by atoms with Gasteiger partial charge in [-0.2, -0.15) is 0 Å². The lowest BCUT2D eigenvalue weighted by atomic mass is 9.85. The standard InChI is InChI=1S/C24H43NO9/c1-7-10-23(5,6)11-8-9-14(2)15(3)33-24(22(31)32)12-17(28)19(25-16(4)27)21(34-24)20(30)18(29)13-26/h7,10,14-15,17-21,26,28-30H,8-9,11-13H2,1-6H3,(H,25,27)(H,31,32)/b10-7-. The number of amides is 1. The van der Waals surface area contributed by atoms with Gasteiger partial charge in [-0.1, -0.05) is 39.3 Å². The average Bonchev–Trinajstić information content (AvgIpc) is 2.73. The number of hydrogen-bond donors (Lipinski definition) is 6. The topological polar surface area (TPSA) is 166 Å². The van der Waals surface area contributed by atoms with Crippen molar-refractivity contribution in [2.24, 2.45) is 11.3 Å². The number of nitrogens with one attached hydrogen (secondary N) is 1. The molecule has 0 spiro atoms. The van der Waals surface area contributed by atoms with Gasteiger partial charge in [-0.05, 0) is 38.0 Å². The first-order valence-electron chi connectivity index (χ1n) is 11.8. The lowest BCUT2D eigenvalue weighted by Crippen LogP contribution is -2.68. The predicted octanol–water partition coefficient (Wildman–Crippen LogP) is 0.950. The molecule has 8 atom stereocenters. The Kier molecular flexibility index (Phi) is 11.6. The van der Waals surface area contributed by atoms with Crippen LogP contribution in [0.1, 0.15) is 67.2 Å². The van der Waals surface area contributed by atoms with Gasteiger partial charge in [-0.15, -0.1) is 0 Å². The van der Waals surface area contributed by atoms with Gasteiger partial charge in [0.15, 0.2) is 0 Å². The van der Waals surface area contributed by atoms with Crippen LogP contribution in [0.25, 0.3) is 0 Å². The number of ether oxygens (including phenoxy) is 2. The third-order valence-electron chi connectivity index (χ3n) is 6.46. The van der Waals surface area contributed by atoms with Crippen molar-refractivity contribution in [2.45, 2.75) is 110 Å². The Bertz CT molecular complexity index is 698. The van der Waals surface area contributed by atoms with Gasteiger partial charge in [0, 0.05) is 13.3 Å². The number of hydrogen-bond acceptors (Lipinski definition) is 8. The maximum atomic E-state index is 12.3. The molecule has 1 saturated heterocycles. The first-order valence-corrected chi connectivity index (χ1v) is 11.8. The molecule has 0 aromatic heterocycles. The Hall–Kier alpha value is -1.56. The van der Waals surface area contributed by atoms with E-state index < -0.39 is 67.3 Å². The number of allylic oxidation sites excluding steroid dienone is 2. The fourth-order valence-corrected chi connectivity index (χ4v) is 4.31. The first kappa shape index (κ1) is 30.5. The van der Waals surface area contributed by atoms with Crippen LogP contribution in [-0.4, -0.2) is 86.4 Å². The summed E-state index contributed by atoms with van der Waals surface area (Å²) in [4.78, 5) is 23.9. The molecule has 0 radical (unpaired) electrons. The molecule has 1 aliphatic heterocycles. The normalized spacial score (nSPS) is 29.4. The zero-order chi connectivity index (χ0) is 26.3. The van der Waals surface area contributed by atoms with E-state index in [0.29, 0.717) is 0 Å². The number of carboxylic acid groups (broad SMARTS) is 1. The van der Waals surface area contributed by atoms with Gasteiger partial charge in [-0.3, -0.25) is 4.79 Å². The summed E-state index contributed by atoms with van der Waals surface area (Å²) < 4.78 is 11.6. The van der Waals surface area contributed by atoms with E-state index in [1.54, 1.807) is 6.92 Å². The highest BCUT2D eigenvalue weighted by molar-refractivity contribution is 5.76. The van der Waals surface area contributed by atoms with Crippen LogP contribution < -0.4 is 5.32 Å². The van der Waals surface area contributed by atoms with Gasteiger partial charge >= 0.3 is 5.97 Å². The quantitative estimate of drug-likeness (QED) is 0.207. The number of carboxylic acids is 1. The van der Waals surface area contributed by atoms with Crippen molar-refractivity contribution in [1.29, 1.82) is 0 Å². The predicted molar refractivity (Wildman–Crippen MR) is 125 cm³/mol. The molecule has 0 saturated carbocycles. The third-order valence-corrected chi connectivity index (χ3v) is 6.46. The average molecular weight is 490 g/mol. The molecular formula is C24H43NO9. The van der Waals surface area contributed by atoms with Crippen LogP contribution in [0, 0.1) is 11.3 Å². The summed E-state index contributed by atoms with van der Waals surface area (Å²) in [6, 6.07) is -1.22. The summed E-state index contributed by atoms with van der Waals surface area (Å²) in [6.45, 7) is 10.3. The van der Waals surface area contributed by atoms with Gasteiger partial charge in [0.05, 0.1) is 24.9 Å². The number of aliphatic carboxylic acids is 1. The number of rotatable bonds is 13. The molecule has 1 heterocycles. The van der Waals surface area contributed by atoms with E-state index in [-0.39, 0.29) is 11.3 Å². The Morgan fingerprint density at radius 2 is 1.91 bits per heavy atom. The molecule has 0 aliphatic carbocycles. The van der Waals surface area contributed by atoms with Crippen LogP contribution in [0.15, 0.2) is 12.2 Å². The molecule has 1 fully saturated rings. The van der Waals surface area contributed by atoms with Crippen molar-refractivity contribution in [1.82, 2.24) is 5.32 Å². The maximum Gasteiger partial charge on any atom is 0.364 e. The van der Waals surface area contributed by atoms with Gasteiger partial charge in [0.1, 0.15) is 18.3 Å². The molecular weight excluding hydrogens is 446 g/mol. The minimum Gasteiger partial charge on any atom is -0.477 e. The molecule has 10 nitrogen and oxygen atoms in total. The van der Waals surface area contributed by atoms with Gasteiger partial charge < -0.3 is 40.3 Å². The second-order valence-electron chi connectivity index (χ2n) is 10.1. The number of aliphatic hydroxyl groups excluding tert-OH is 4. The van der Waals surface area contributed by atoms with E-state index in [4.69, 9.17) is 9.47 Å². The van der Waals surface area contributed by atoms with E-state index in [1.165, 1.54) is 6.92 Å². The molecule has 0 bridgehead atoms. The van der Waals surface area contributed by atoms with Crippen LogP contribution in [0.2, 0.25) is 0 Å². The highest BCUT2D eigenvalue weighted by Crippen LogP contribution is 2.36. The summed E-state index contributed by atoms with van der Waals surface area (Å²) >= 11 is 0. The van der Waals surface area contributed by atoms with Crippen LogP contribution in [0.5, 0.6) is 0 Å². The van der Waals surface area contributed by atoms with Gasteiger partial charge in [0.25, 0.3) is 5.79 Å². The Morgan fingerprint density at radius 3 is 2.41 bits per heavy atom. The van der Waals surface area contributed by atoms with E-state index in [1.807, 2.05) is 19.9 Å². The van der Waals surface area contributed by atoms with Crippen molar-refractivity contribution in [3.63, 3.8) is 0 Å². The lowest BCUT2D eigenvalue weighted by Gasteiger charge is -2.47. The minimum absolute atomic E-state index is 0.0437. The fourth-order valence-electron chi connectivity index (χ4n) is 4.31. The van der Waals surface area contributed by atoms with Crippen LogP contribution >= 0.6 is 0 Å². The monoisotopic (exact) mass is 489 g/mol. The zero-order valence-electron chi connectivity index (χ0n) is 21.1. The van der Waals surface area contributed by atoms with Crippen molar-refractivity contribution in [3.05, 3.63) is 12.2 Å².